The highest BCUT2D eigenvalue weighted by atomic mass is 19.1. The summed E-state index contributed by atoms with van der Waals surface area (Å²) in [7, 11) is 1.56. The first kappa shape index (κ1) is 15.6. The molecule has 1 N–H and O–H groups in total. The van der Waals surface area contributed by atoms with Crippen molar-refractivity contribution >= 4 is 17.5 Å². The number of hydrogen-bond donors (Lipinski definition) is 1. The van der Waals surface area contributed by atoms with E-state index in [4.69, 9.17) is 0 Å². The molecule has 2 rings (SSSR count). The molecule has 0 unspecified atom stereocenters. The Bertz CT molecular complexity index is 644. The molecule has 0 saturated carbocycles. The number of amides is 2. The van der Waals surface area contributed by atoms with E-state index in [1.807, 2.05) is 12.1 Å². The molecule has 1 aromatic heterocycles. The van der Waals surface area contributed by atoms with Crippen LogP contribution in [0.4, 0.5) is 10.1 Å². The number of pyridine rings is 1. The number of rotatable bonds is 4. The number of carbonyl (C=O) groups excluding carboxylic acids is 2. The lowest BCUT2D eigenvalue weighted by molar-refractivity contribution is -0.142. The molecule has 1 aromatic carbocycles. The first-order valence-electron chi connectivity index (χ1n) is 6.77. The van der Waals surface area contributed by atoms with Crippen LogP contribution in [0.15, 0.2) is 48.8 Å². The van der Waals surface area contributed by atoms with Crippen LogP contribution in [0.25, 0.3) is 0 Å². The van der Waals surface area contributed by atoms with Gasteiger partial charge in [0.05, 0.1) is 0 Å². The molecule has 0 aliphatic carbocycles. The molecule has 0 saturated heterocycles. The lowest BCUT2D eigenvalue weighted by atomic mass is 10.2. The minimum atomic E-state index is -0.746. The van der Waals surface area contributed by atoms with Crippen molar-refractivity contribution in [2.75, 3.05) is 18.9 Å². The molecular formula is C16H16FN3O2. The fraction of sp³-hybridized carbons (Fsp3) is 0.188. The molecule has 2 aromatic rings. The third-order valence-corrected chi connectivity index (χ3v) is 3.13. The molecule has 0 radical (unpaired) electrons. The summed E-state index contributed by atoms with van der Waals surface area (Å²) in [5, 5.41) is 2.44. The molecular weight excluding hydrogens is 285 g/mol. The molecule has 0 bridgehead atoms. The minimum Gasteiger partial charge on any atom is -0.337 e. The number of hydrogen-bond acceptors (Lipinski definition) is 3. The van der Waals surface area contributed by atoms with E-state index in [9.17, 15) is 14.0 Å². The van der Waals surface area contributed by atoms with Crippen molar-refractivity contribution in [1.29, 1.82) is 0 Å². The van der Waals surface area contributed by atoms with Gasteiger partial charge in [-0.1, -0.05) is 0 Å². The lowest BCUT2D eigenvalue weighted by Crippen LogP contribution is -2.38. The van der Waals surface area contributed by atoms with E-state index in [0.29, 0.717) is 18.7 Å². The van der Waals surface area contributed by atoms with Crippen molar-refractivity contribution in [3.8, 4) is 0 Å². The molecule has 0 aliphatic heterocycles. The van der Waals surface area contributed by atoms with Crippen LogP contribution in [-0.2, 0) is 16.0 Å². The van der Waals surface area contributed by atoms with E-state index in [2.05, 4.69) is 10.3 Å². The first-order chi connectivity index (χ1) is 10.6. The summed E-state index contributed by atoms with van der Waals surface area (Å²) < 4.78 is 12.8. The smallest absolute Gasteiger partial charge is 0.313 e. The fourth-order valence-corrected chi connectivity index (χ4v) is 1.84. The van der Waals surface area contributed by atoms with Crippen molar-refractivity contribution in [2.45, 2.75) is 6.42 Å². The van der Waals surface area contributed by atoms with Gasteiger partial charge >= 0.3 is 11.8 Å². The Morgan fingerprint density at radius 2 is 1.77 bits per heavy atom. The highest BCUT2D eigenvalue weighted by molar-refractivity contribution is 6.39. The lowest BCUT2D eigenvalue weighted by Gasteiger charge is -2.16. The molecule has 114 valence electrons. The maximum atomic E-state index is 12.8. The maximum absolute atomic E-state index is 12.8. The summed E-state index contributed by atoms with van der Waals surface area (Å²) in [6, 6.07) is 8.95. The minimum absolute atomic E-state index is 0.377. The Labute approximate surface area is 127 Å². The number of likely N-dealkylation sites (N-methyl/N-ethyl adjacent to an activating group) is 1. The number of carbonyl (C=O) groups is 2. The van der Waals surface area contributed by atoms with Gasteiger partial charge in [0.25, 0.3) is 0 Å². The Balaban J connectivity index is 1.86. The van der Waals surface area contributed by atoms with Crippen molar-refractivity contribution in [3.05, 3.63) is 60.2 Å². The van der Waals surface area contributed by atoms with Crippen LogP contribution >= 0.6 is 0 Å². The monoisotopic (exact) mass is 301 g/mol. The average Bonchev–Trinajstić information content (AvgIpc) is 2.55. The maximum Gasteiger partial charge on any atom is 0.313 e. The SMILES string of the molecule is CN(CCc1ccncc1)C(=O)C(=O)Nc1ccc(F)cc1. The van der Waals surface area contributed by atoms with Gasteiger partial charge in [-0.2, -0.15) is 0 Å². The van der Waals surface area contributed by atoms with Gasteiger partial charge in [0.15, 0.2) is 0 Å². The number of nitrogens with one attached hydrogen (secondary N) is 1. The summed E-state index contributed by atoms with van der Waals surface area (Å²) >= 11 is 0. The summed E-state index contributed by atoms with van der Waals surface area (Å²) in [5.74, 6) is -1.79. The van der Waals surface area contributed by atoms with Crippen LogP contribution in [-0.4, -0.2) is 35.3 Å². The van der Waals surface area contributed by atoms with E-state index in [0.717, 1.165) is 5.56 Å². The van der Waals surface area contributed by atoms with Gasteiger partial charge < -0.3 is 10.2 Å². The fourth-order valence-electron chi connectivity index (χ4n) is 1.84. The van der Waals surface area contributed by atoms with Crippen molar-refractivity contribution < 1.29 is 14.0 Å². The van der Waals surface area contributed by atoms with Gasteiger partial charge in [-0.15, -0.1) is 0 Å². The van der Waals surface area contributed by atoms with Crippen LogP contribution < -0.4 is 5.32 Å². The molecule has 2 amide bonds. The molecule has 0 aliphatic rings. The zero-order valence-electron chi connectivity index (χ0n) is 12.1. The third-order valence-electron chi connectivity index (χ3n) is 3.13. The quantitative estimate of drug-likeness (QED) is 0.877. The number of aromatic nitrogens is 1. The van der Waals surface area contributed by atoms with Gasteiger partial charge in [0.1, 0.15) is 5.82 Å². The van der Waals surface area contributed by atoms with E-state index < -0.39 is 17.6 Å². The first-order valence-corrected chi connectivity index (χ1v) is 6.77. The third kappa shape index (κ3) is 4.37. The number of nitrogens with zero attached hydrogens (tertiary/aromatic N) is 2. The molecule has 0 fully saturated rings. The summed E-state index contributed by atoms with van der Waals surface area (Å²) in [6.45, 7) is 0.416. The van der Waals surface area contributed by atoms with Gasteiger partial charge in [-0.3, -0.25) is 14.6 Å². The van der Waals surface area contributed by atoms with Crippen molar-refractivity contribution in [3.63, 3.8) is 0 Å². The predicted molar refractivity (Wildman–Crippen MR) is 80.6 cm³/mol. The Kier molecular flexibility index (Phi) is 5.19. The Hall–Kier alpha value is -2.76. The van der Waals surface area contributed by atoms with E-state index >= 15 is 0 Å². The predicted octanol–water partition coefficient (Wildman–Crippen LogP) is 1.86. The standard InChI is InChI=1S/C16H16FN3O2/c1-20(11-8-12-6-9-18-10-7-12)16(22)15(21)19-14-4-2-13(17)3-5-14/h2-7,9-10H,8,11H2,1H3,(H,19,21). The normalized spacial score (nSPS) is 10.1. The second-order valence-corrected chi connectivity index (χ2v) is 4.79. The van der Waals surface area contributed by atoms with E-state index in [1.54, 1.807) is 19.4 Å². The zero-order chi connectivity index (χ0) is 15.9. The van der Waals surface area contributed by atoms with E-state index in [-0.39, 0.29) is 0 Å². The number of halogens is 1. The second kappa shape index (κ2) is 7.31. The number of anilines is 1. The topological polar surface area (TPSA) is 62.3 Å². The van der Waals surface area contributed by atoms with Crippen molar-refractivity contribution in [2.24, 2.45) is 0 Å². The van der Waals surface area contributed by atoms with Crippen LogP contribution in [0, 0.1) is 5.82 Å². The summed E-state index contributed by atoms with van der Waals surface area (Å²) in [4.78, 5) is 29.1. The Morgan fingerprint density at radius 1 is 1.14 bits per heavy atom. The van der Waals surface area contributed by atoms with Crippen LogP contribution in [0.3, 0.4) is 0 Å². The largest absolute Gasteiger partial charge is 0.337 e. The highest BCUT2D eigenvalue weighted by Crippen LogP contribution is 2.08. The summed E-state index contributed by atoms with van der Waals surface area (Å²) in [6.07, 6.45) is 3.99. The second-order valence-electron chi connectivity index (χ2n) is 4.79. The molecule has 1 heterocycles. The number of benzene rings is 1. The van der Waals surface area contributed by atoms with Gasteiger partial charge in [0, 0.05) is 31.7 Å². The molecule has 0 atom stereocenters. The van der Waals surface area contributed by atoms with E-state index in [1.165, 1.54) is 29.2 Å². The van der Waals surface area contributed by atoms with Gasteiger partial charge in [-0.05, 0) is 48.4 Å². The van der Waals surface area contributed by atoms with Crippen molar-refractivity contribution in [1.82, 2.24) is 9.88 Å². The van der Waals surface area contributed by atoms with Crippen LogP contribution in [0.2, 0.25) is 0 Å². The summed E-state index contributed by atoms with van der Waals surface area (Å²) in [5.41, 5.74) is 1.41. The zero-order valence-corrected chi connectivity index (χ0v) is 12.1. The van der Waals surface area contributed by atoms with Crippen LogP contribution in [0.1, 0.15) is 5.56 Å². The molecule has 6 heteroatoms. The van der Waals surface area contributed by atoms with Gasteiger partial charge in [-0.25, -0.2) is 4.39 Å². The molecule has 0 spiro atoms. The molecule has 22 heavy (non-hydrogen) atoms. The highest BCUT2D eigenvalue weighted by Gasteiger charge is 2.18. The van der Waals surface area contributed by atoms with Gasteiger partial charge in [0.2, 0.25) is 0 Å². The average molecular weight is 301 g/mol. The Morgan fingerprint density at radius 3 is 2.41 bits per heavy atom. The molecule has 5 nitrogen and oxygen atoms in total. The van der Waals surface area contributed by atoms with Crippen LogP contribution in [0.5, 0.6) is 0 Å².